The maximum absolute atomic E-state index is 5.80. The lowest BCUT2D eigenvalue weighted by Gasteiger charge is -2.34. The smallest absolute Gasteiger partial charge is 0.228 e. The van der Waals surface area contributed by atoms with Gasteiger partial charge in [0.1, 0.15) is 24.5 Å². The minimum atomic E-state index is 0.659. The van der Waals surface area contributed by atoms with Crippen LogP contribution in [0.5, 0.6) is 5.75 Å². The number of nitrogens with one attached hydrogen (secondary N) is 1. The van der Waals surface area contributed by atoms with Crippen molar-refractivity contribution in [2.45, 2.75) is 19.4 Å². The topological polar surface area (TPSA) is 92.2 Å². The second-order valence-corrected chi connectivity index (χ2v) is 9.37. The first-order valence-electron chi connectivity index (χ1n) is 12.8. The van der Waals surface area contributed by atoms with E-state index in [1.54, 1.807) is 6.33 Å². The molecular weight excluding hydrogens is 464 g/mol. The number of piperazine rings is 1. The van der Waals surface area contributed by atoms with Gasteiger partial charge in [-0.15, -0.1) is 0 Å². The Hall–Kier alpha value is -4.11. The van der Waals surface area contributed by atoms with E-state index in [9.17, 15) is 0 Å². The normalized spacial score (nSPS) is 15.6. The summed E-state index contributed by atoms with van der Waals surface area (Å²) in [5, 5.41) is 3.39. The zero-order valence-electron chi connectivity index (χ0n) is 20.8. The summed E-state index contributed by atoms with van der Waals surface area (Å²) in [6.45, 7) is 5.62. The van der Waals surface area contributed by atoms with E-state index >= 15 is 0 Å². The molecule has 2 aromatic heterocycles. The van der Waals surface area contributed by atoms with E-state index in [0.717, 1.165) is 74.7 Å². The predicted molar refractivity (Wildman–Crippen MR) is 142 cm³/mol. The standard InChI is InChI=1S/C28H30N8O/c1-2-4-21(5-3-1)14-23-17-30-27(31-18-23)35-9-11-36(12-10-35)28-33-20-32-26(34-28)16-22-6-7-25-24(15-22)19-29-8-13-37-25/h1-7,15,17-18,20,29H,8-14,16,19H2. The SMILES string of the molecule is c1ccc(Cc2cnc(N3CCN(c4ncnc(Cc5ccc6c(c5)CNCCO6)n4)CC3)nc2)cc1. The van der Waals surface area contributed by atoms with E-state index in [-0.39, 0.29) is 0 Å². The molecule has 2 aliphatic heterocycles. The van der Waals surface area contributed by atoms with Crippen LogP contribution in [0.1, 0.15) is 28.1 Å². The van der Waals surface area contributed by atoms with Gasteiger partial charge in [-0.05, 0) is 22.8 Å². The minimum Gasteiger partial charge on any atom is -0.492 e. The summed E-state index contributed by atoms with van der Waals surface area (Å²) < 4.78 is 5.80. The lowest BCUT2D eigenvalue weighted by atomic mass is 10.1. The van der Waals surface area contributed by atoms with Crippen molar-refractivity contribution >= 4 is 11.9 Å². The molecule has 6 rings (SSSR count). The number of aromatic nitrogens is 5. The third-order valence-corrected chi connectivity index (χ3v) is 6.74. The van der Waals surface area contributed by atoms with E-state index in [1.807, 2.05) is 18.5 Å². The Morgan fingerprint density at radius 1 is 0.757 bits per heavy atom. The number of hydrogen-bond acceptors (Lipinski definition) is 9. The van der Waals surface area contributed by atoms with Crippen LogP contribution >= 0.6 is 0 Å². The zero-order valence-corrected chi connectivity index (χ0v) is 20.8. The molecule has 4 heterocycles. The molecule has 0 radical (unpaired) electrons. The third kappa shape index (κ3) is 5.67. The van der Waals surface area contributed by atoms with Crippen LogP contribution in [0.4, 0.5) is 11.9 Å². The van der Waals surface area contributed by atoms with Crippen LogP contribution in [0.2, 0.25) is 0 Å². The molecular formula is C28H30N8O. The van der Waals surface area contributed by atoms with Crippen molar-refractivity contribution in [1.82, 2.24) is 30.2 Å². The first kappa shape index (κ1) is 23.3. The quantitative estimate of drug-likeness (QED) is 0.434. The highest BCUT2D eigenvalue weighted by molar-refractivity contribution is 5.40. The van der Waals surface area contributed by atoms with Crippen molar-refractivity contribution in [1.29, 1.82) is 0 Å². The van der Waals surface area contributed by atoms with Crippen molar-refractivity contribution in [2.24, 2.45) is 0 Å². The highest BCUT2D eigenvalue weighted by atomic mass is 16.5. The zero-order chi connectivity index (χ0) is 24.9. The van der Waals surface area contributed by atoms with Gasteiger partial charge >= 0.3 is 0 Å². The largest absolute Gasteiger partial charge is 0.492 e. The molecule has 1 N–H and O–H groups in total. The van der Waals surface area contributed by atoms with Gasteiger partial charge < -0.3 is 19.9 Å². The monoisotopic (exact) mass is 494 g/mol. The number of fused-ring (bicyclic) bond motifs is 1. The Morgan fingerprint density at radius 3 is 2.35 bits per heavy atom. The fourth-order valence-corrected chi connectivity index (χ4v) is 4.76. The minimum absolute atomic E-state index is 0.659. The Bertz CT molecular complexity index is 1320. The number of anilines is 2. The Morgan fingerprint density at radius 2 is 1.54 bits per heavy atom. The van der Waals surface area contributed by atoms with Gasteiger partial charge in [-0.2, -0.15) is 4.98 Å². The fourth-order valence-electron chi connectivity index (χ4n) is 4.76. The molecule has 2 aliphatic rings. The molecule has 2 aromatic carbocycles. The average molecular weight is 495 g/mol. The van der Waals surface area contributed by atoms with Crippen LogP contribution in [0.15, 0.2) is 67.3 Å². The second-order valence-electron chi connectivity index (χ2n) is 9.37. The van der Waals surface area contributed by atoms with Gasteiger partial charge in [0.25, 0.3) is 0 Å². The van der Waals surface area contributed by atoms with Crippen LogP contribution < -0.4 is 19.9 Å². The number of rotatable bonds is 6. The van der Waals surface area contributed by atoms with E-state index < -0.39 is 0 Å². The highest BCUT2D eigenvalue weighted by Crippen LogP contribution is 2.23. The lowest BCUT2D eigenvalue weighted by Crippen LogP contribution is -2.47. The van der Waals surface area contributed by atoms with Gasteiger partial charge in [0.15, 0.2) is 0 Å². The number of ether oxygens (including phenoxy) is 1. The summed E-state index contributed by atoms with van der Waals surface area (Å²) in [5.41, 5.74) is 4.72. The van der Waals surface area contributed by atoms with Crippen molar-refractivity contribution < 1.29 is 4.74 Å². The Labute approximate surface area is 216 Å². The van der Waals surface area contributed by atoms with Crippen molar-refractivity contribution in [3.63, 3.8) is 0 Å². The van der Waals surface area contributed by atoms with Crippen molar-refractivity contribution in [2.75, 3.05) is 49.1 Å². The summed E-state index contributed by atoms with van der Waals surface area (Å²) >= 11 is 0. The molecule has 0 bridgehead atoms. The molecule has 37 heavy (non-hydrogen) atoms. The first-order chi connectivity index (χ1) is 18.3. The molecule has 9 nitrogen and oxygen atoms in total. The Balaban J connectivity index is 1.06. The summed E-state index contributed by atoms with van der Waals surface area (Å²) in [5.74, 6) is 3.23. The van der Waals surface area contributed by atoms with Gasteiger partial charge in [-0.3, -0.25) is 0 Å². The van der Waals surface area contributed by atoms with Crippen LogP contribution in [0.25, 0.3) is 0 Å². The fraction of sp³-hybridized carbons (Fsp3) is 0.321. The number of benzene rings is 2. The van der Waals surface area contributed by atoms with Gasteiger partial charge in [0.05, 0.1) is 0 Å². The molecule has 188 valence electrons. The van der Waals surface area contributed by atoms with Crippen LogP contribution in [-0.2, 0) is 19.4 Å². The van der Waals surface area contributed by atoms with E-state index in [4.69, 9.17) is 9.72 Å². The molecule has 0 aliphatic carbocycles. The van der Waals surface area contributed by atoms with E-state index in [1.165, 1.54) is 16.7 Å². The Kier molecular flexibility index (Phi) is 6.85. The molecule has 9 heteroatoms. The molecule has 0 saturated carbocycles. The van der Waals surface area contributed by atoms with E-state index in [2.05, 4.69) is 77.5 Å². The van der Waals surface area contributed by atoms with Gasteiger partial charge in [-0.1, -0.05) is 42.5 Å². The maximum Gasteiger partial charge on any atom is 0.228 e. The van der Waals surface area contributed by atoms with Crippen LogP contribution in [-0.4, -0.2) is 64.3 Å². The number of hydrogen-bond donors (Lipinski definition) is 1. The van der Waals surface area contributed by atoms with Crippen molar-refractivity contribution in [3.8, 4) is 5.75 Å². The molecule has 0 amide bonds. The van der Waals surface area contributed by atoms with Crippen LogP contribution in [0, 0.1) is 0 Å². The average Bonchev–Trinajstić information content (AvgIpc) is 3.20. The van der Waals surface area contributed by atoms with Gasteiger partial charge in [-0.25, -0.2) is 19.9 Å². The summed E-state index contributed by atoms with van der Waals surface area (Å²) in [6.07, 6.45) is 6.99. The predicted octanol–water partition coefficient (Wildman–Crippen LogP) is 2.65. The number of nitrogens with zero attached hydrogens (tertiary/aromatic N) is 7. The molecule has 1 saturated heterocycles. The summed E-state index contributed by atoms with van der Waals surface area (Å²) in [4.78, 5) is 27.4. The van der Waals surface area contributed by atoms with Gasteiger partial charge in [0, 0.05) is 70.1 Å². The third-order valence-electron chi connectivity index (χ3n) is 6.74. The molecule has 4 aromatic rings. The summed E-state index contributed by atoms with van der Waals surface area (Å²) in [7, 11) is 0. The molecule has 0 unspecified atom stereocenters. The highest BCUT2D eigenvalue weighted by Gasteiger charge is 2.21. The van der Waals surface area contributed by atoms with Gasteiger partial charge in [0.2, 0.25) is 11.9 Å². The van der Waals surface area contributed by atoms with Crippen LogP contribution in [0.3, 0.4) is 0 Å². The van der Waals surface area contributed by atoms with Crippen molar-refractivity contribution in [3.05, 3.63) is 95.3 Å². The first-order valence-corrected chi connectivity index (χ1v) is 12.8. The molecule has 0 atom stereocenters. The maximum atomic E-state index is 5.80. The second kappa shape index (κ2) is 10.9. The molecule has 1 fully saturated rings. The molecule has 0 spiro atoms. The summed E-state index contributed by atoms with van der Waals surface area (Å²) in [6, 6.07) is 16.7. The van der Waals surface area contributed by atoms with E-state index in [0.29, 0.717) is 13.0 Å². The lowest BCUT2D eigenvalue weighted by molar-refractivity contribution is 0.325.